The fourth-order valence-electron chi connectivity index (χ4n) is 1.93. The minimum absolute atomic E-state index is 0.156. The molecule has 1 aliphatic heterocycles. The van der Waals surface area contributed by atoms with Crippen LogP contribution in [0.25, 0.3) is 0 Å². The maximum atomic E-state index is 11.5. The predicted octanol–water partition coefficient (Wildman–Crippen LogP) is 1.06. The molecule has 0 radical (unpaired) electrons. The standard InChI is InChI=1S/C13H12ClN3O2/c1-8-13(19)16-12(18)7-17(8)6-10-3-2-9(5-15)4-11(10)14/h2-4,8H,6-7H2,1H3,(H,16,18,19). The van der Waals surface area contributed by atoms with Crippen molar-refractivity contribution in [3.8, 4) is 6.07 Å². The van der Waals surface area contributed by atoms with Crippen LogP contribution in [0.3, 0.4) is 0 Å². The zero-order chi connectivity index (χ0) is 14.0. The molecule has 1 aromatic rings. The summed E-state index contributed by atoms with van der Waals surface area (Å²) >= 11 is 6.08. The van der Waals surface area contributed by atoms with Gasteiger partial charge >= 0.3 is 0 Å². The van der Waals surface area contributed by atoms with Crippen molar-refractivity contribution in [2.75, 3.05) is 6.54 Å². The summed E-state index contributed by atoms with van der Waals surface area (Å²) in [6.45, 7) is 2.29. The number of nitrogens with zero attached hydrogens (tertiary/aromatic N) is 2. The SMILES string of the molecule is CC1C(=O)NC(=O)CN1Cc1ccc(C#N)cc1Cl. The fraction of sp³-hybridized carbons (Fsp3) is 0.308. The first-order valence-electron chi connectivity index (χ1n) is 5.77. The van der Waals surface area contributed by atoms with Crippen molar-refractivity contribution < 1.29 is 9.59 Å². The highest BCUT2D eigenvalue weighted by molar-refractivity contribution is 6.31. The second kappa shape index (κ2) is 5.39. The summed E-state index contributed by atoms with van der Waals surface area (Å²) < 4.78 is 0. The molecule has 0 saturated carbocycles. The zero-order valence-corrected chi connectivity index (χ0v) is 11.1. The number of benzene rings is 1. The van der Waals surface area contributed by atoms with Crippen molar-refractivity contribution in [2.24, 2.45) is 0 Å². The zero-order valence-electron chi connectivity index (χ0n) is 10.3. The topological polar surface area (TPSA) is 73.2 Å². The molecule has 1 aliphatic rings. The Morgan fingerprint density at radius 3 is 2.89 bits per heavy atom. The second-order valence-electron chi connectivity index (χ2n) is 4.41. The summed E-state index contributed by atoms with van der Waals surface area (Å²) in [7, 11) is 0. The molecule has 6 heteroatoms. The van der Waals surface area contributed by atoms with Crippen LogP contribution in [-0.2, 0) is 16.1 Å². The first-order chi connectivity index (χ1) is 9.01. The first kappa shape index (κ1) is 13.5. The highest BCUT2D eigenvalue weighted by Crippen LogP contribution is 2.21. The lowest BCUT2D eigenvalue weighted by molar-refractivity contribution is -0.139. The Kier molecular flexibility index (Phi) is 3.84. The third-order valence-electron chi connectivity index (χ3n) is 3.09. The molecule has 5 nitrogen and oxygen atoms in total. The largest absolute Gasteiger partial charge is 0.294 e. The number of imide groups is 1. The first-order valence-corrected chi connectivity index (χ1v) is 6.15. The van der Waals surface area contributed by atoms with Gasteiger partial charge in [0.15, 0.2) is 0 Å². The molecule has 2 amide bonds. The van der Waals surface area contributed by atoms with Gasteiger partial charge in [0, 0.05) is 11.6 Å². The van der Waals surface area contributed by atoms with Gasteiger partial charge in [0.2, 0.25) is 11.8 Å². The number of amides is 2. The maximum Gasteiger partial charge on any atom is 0.243 e. The minimum atomic E-state index is -0.385. The van der Waals surface area contributed by atoms with E-state index in [0.29, 0.717) is 17.1 Å². The van der Waals surface area contributed by atoms with Gasteiger partial charge in [0.1, 0.15) is 0 Å². The van der Waals surface area contributed by atoms with Gasteiger partial charge in [0.25, 0.3) is 0 Å². The Morgan fingerprint density at radius 1 is 1.53 bits per heavy atom. The number of piperazine rings is 1. The minimum Gasteiger partial charge on any atom is -0.294 e. The molecule has 0 aliphatic carbocycles. The van der Waals surface area contributed by atoms with Gasteiger partial charge in [-0.25, -0.2) is 0 Å². The average Bonchev–Trinajstić information content (AvgIpc) is 2.37. The number of carbonyl (C=O) groups is 2. The Morgan fingerprint density at radius 2 is 2.26 bits per heavy atom. The highest BCUT2D eigenvalue weighted by atomic mass is 35.5. The predicted molar refractivity (Wildman–Crippen MR) is 69.2 cm³/mol. The monoisotopic (exact) mass is 277 g/mol. The van der Waals surface area contributed by atoms with Crippen LogP contribution in [0.4, 0.5) is 0 Å². The lowest BCUT2D eigenvalue weighted by Crippen LogP contribution is -2.56. The molecule has 1 fully saturated rings. The molecule has 1 atom stereocenters. The molecular weight excluding hydrogens is 266 g/mol. The van der Waals surface area contributed by atoms with E-state index in [2.05, 4.69) is 5.32 Å². The second-order valence-corrected chi connectivity index (χ2v) is 4.82. The number of halogens is 1. The molecule has 98 valence electrons. The van der Waals surface area contributed by atoms with Crippen LogP contribution in [-0.4, -0.2) is 29.3 Å². The molecule has 0 bridgehead atoms. The molecule has 0 spiro atoms. The molecular formula is C13H12ClN3O2. The van der Waals surface area contributed by atoms with E-state index in [0.717, 1.165) is 5.56 Å². The van der Waals surface area contributed by atoms with E-state index >= 15 is 0 Å². The van der Waals surface area contributed by atoms with Gasteiger partial charge in [-0.2, -0.15) is 5.26 Å². The van der Waals surface area contributed by atoms with E-state index in [1.807, 2.05) is 6.07 Å². The van der Waals surface area contributed by atoms with E-state index in [9.17, 15) is 9.59 Å². The summed E-state index contributed by atoms with van der Waals surface area (Å²) in [6.07, 6.45) is 0. The summed E-state index contributed by atoms with van der Waals surface area (Å²) in [6, 6.07) is 6.60. The van der Waals surface area contributed by atoms with Gasteiger partial charge in [-0.1, -0.05) is 17.7 Å². The van der Waals surface area contributed by atoms with Crippen LogP contribution in [0.1, 0.15) is 18.1 Å². The summed E-state index contributed by atoms with van der Waals surface area (Å²) in [4.78, 5) is 24.6. The lowest BCUT2D eigenvalue weighted by atomic mass is 10.1. The molecule has 1 saturated heterocycles. The van der Waals surface area contributed by atoms with Crippen LogP contribution in [0.2, 0.25) is 5.02 Å². The number of nitriles is 1. The molecule has 1 aromatic carbocycles. The van der Waals surface area contributed by atoms with Crippen LogP contribution in [0.15, 0.2) is 18.2 Å². The number of nitrogens with one attached hydrogen (secondary N) is 1. The molecule has 1 unspecified atom stereocenters. The van der Waals surface area contributed by atoms with Crippen LogP contribution in [0.5, 0.6) is 0 Å². The summed E-state index contributed by atoms with van der Waals surface area (Å²) in [5.41, 5.74) is 1.27. The van der Waals surface area contributed by atoms with Gasteiger partial charge < -0.3 is 0 Å². The van der Waals surface area contributed by atoms with Crippen molar-refractivity contribution in [1.82, 2.24) is 10.2 Å². The Labute approximate surface area is 115 Å². The Balaban J connectivity index is 2.19. The fourth-order valence-corrected chi connectivity index (χ4v) is 2.17. The van der Waals surface area contributed by atoms with E-state index in [4.69, 9.17) is 16.9 Å². The quantitative estimate of drug-likeness (QED) is 0.821. The smallest absolute Gasteiger partial charge is 0.243 e. The molecule has 1 N–H and O–H groups in total. The molecule has 19 heavy (non-hydrogen) atoms. The van der Waals surface area contributed by atoms with Crippen molar-refractivity contribution in [2.45, 2.75) is 19.5 Å². The van der Waals surface area contributed by atoms with Crippen molar-refractivity contribution in [3.63, 3.8) is 0 Å². The third kappa shape index (κ3) is 2.92. The van der Waals surface area contributed by atoms with Gasteiger partial charge in [-0.05, 0) is 24.6 Å². The van der Waals surface area contributed by atoms with E-state index in [1.165, 1.54) is 0 Å². The van der Waals surface area contributed by atoms with E-state index < -0.39 is 0 Å². The third-order valence-corrected chi connectivity index (χ3v) is 3.44. The average molecular weight is 278 g/mol. The van der Waals surface area contributed by atoms with Crippen LogP contribution in [0, 0.1) is 11.3 Å². The molecule has 0 aromatic heterocycles. The number of hydrogen-bond acceptors (Lipinski definition) is 4. The number of carbonyl (C=O) groups excluding carboxylic acids is 2. The Bertz CT molecular complexity index is 580. The Hall–Kier alpha value is -1.90. The molecule has 1 heterocycles. The van der Waals surface area contributed by atoms with Crippen LogP contribution >= 0.6 is 11.6 Å². The number of hydrogen-bond donors (Lipinski definition) is 1. The number of rotatable bonds is 2. The van der Waals surface area contributed by atoms with E-state index in [1.54, 1.807) is 30.0 Å². The lowest BCUT2D eigenvalue weighted by Gasteiger charge is -2.31. The van der Waals surface area contributed by atoms with Gasteiger partial charge in [-0.3, -0.25) is 19.8 Å². The van der Waals surface area contributed by atoms with E-state index in [-0.39, 0.29) is 24.4 Å². The highest BCUT2D eigenvalue weighted by Gasteiger charge is 2.30. The normalized spacial score (nSPS) is 19.9. The van der Waals surface area contributed by atoms with Gasteiger partial charge in [-0.15, -0.1) is 0 Å². The summed E-state index contributed by atoms with van der Waals surface area (Å²) in [5.74, 6) is -0.617. The molecule has 2 rings (SSSR count). The summed E-state index contributed by atoms with van der Waals surface area (Å²) in [5, 5.41) is 11.5. The van der Waals surface area contributed by atoms with Crippen molar-refractivity contribution in [3.05, 3.63) is 34.3 Å². The van der Waals surface area contributed by atoms with Crippen LogP contribution < -0.4 is 5.32 Å². The van der Waals surface area contributed by atoms with Crippen molar-refractivity contribution in [1.29, 1.82) is 5.26 Å². The maximum absolute atomic E-state index is 11.5. The van der Waals surface area contributed by atoms with Gasteiger partial charge in [0.05, 0.1) is 24.2 Å². The van der Waals surface area contributed by atoms with Crippen molar-refractivity contribution >= 4 is 23.4 Å².